The van der Waals surface area contributed by atoms with Gasteiger partial charge in [0, 0.05) is 17.4 Å². The third-order valence-electron chi connectivity index (χ3n) is 5.00. The van der Waals surface area contributed by atoms with Gasteiger partial charge in [-0.3, -0.25) is 4.79 Å². The summed E-state index contributed by atoms with van der Waals surface area (Å²) in [4.78, 5) is 11.7. The van der Waals surface area contributed by atoms with Crippen LogP contribution < -0.4 is 4.74 Å². The van der Waals surface area contributed by atoms with Crippen LogP contribution in [0.3, 0.4) is 0 Å². The largest absolute Gasteiger partial charge is 0.497 e. The lowest BCUT2D eigenvalue weighted by atomic mass is 10.0. The monoisotopic (exact) mass is 389 g/mol. The fourth-order valence-corrected chi connectivity index (χ4v) is 3.73. The Morgan fingerprint density at radius 2 is 1.76 bits per heavy atom. The Hall–Kier alpha value is -3.60. The van der Waals surface area contributed by atoms with Crippen molar-refractivity contribution in [2.24, 2.45) is 0 Å². The number of rotatable bonds is 6. The molecule has 0 fully saturated rings. The molecule has 0 amide bonds. The Bertz CT molecular complexity index is 1160. The van der Waals surface area contributed by atoms with Gasteiger partial charge < -0.3 is 14.4 Å². The lowest BCUT2D eigenvalue weighted by Gasteiger charge is -2.13. The number of aliphatic carboxylic acids is 1. The minimum absolute atomic E-state index is 0.141. The number of carboxylic acid groups (broad SMARTS) is 1. The van der Waals surface area contributed by atoms with E-state index in [4.69, 9.17) is 4.74 Å². The minimum atomic E-state index is -0.921. The second kappa shape index (κ2) is 7.80. The minimum Gasteiger partial charge on any atom is -0.497 e. The van der Waals surface area contributed by atoms with Crippen molar-refractivity contribution in [2.75, 3.05) is 7.11 Å². The lowest BCUT2D eigenvalue weighted by molar-refractivity contribution is -0.136. The summed E-state index contributed by atoms with van der Waals surface area (Å²) in [5.41, 5.74) is 4.23. The Balaban J connectivity index is 2.02. The van der Waals surface area contributed by atoms with Gasteiger partial charge in [0.05, 0.1) is 19.2 Å². The van der Waals surface area contributed by atoms with Crippen molar-refractivity contribution in [3.63, 3.8) is 0 Å². The quantitative estimate of drug-likeness (QED) is 0.497. The average Bonchev–Trinajstić information content (AvgIpc) is 3.01. The highest BCUT2D eigenvalue weighted by atomic mass is 19.1. The van der Waals surface area contributed by atoms with E-state index < -0.39 is 5.97 Å². The maximum Gasteiger partial charge on any atom is 0.307 e. The van der Waals surface area contributed by atoms with E-state index in [1.54, 1.807) is 19.2 Å². The van der Waals surface area contributed by atoms with Crippen molar-refractivity contribution in [1.29, 1.82) is 0 Å². The van der Waals surface area contributed by atoms with E-state index in [2.05, 4.69) is 4.57 Å². The SMILES string of the molecule is COc1ccc2c(c1)c(CC(=O)O)c(-c1ccc(F)cc1)n2Cc1ccccc1. The second-order valence-corrected chi connectivity index (χ2v) is 6.86. The summed E-state index contributed by atoms with van der Waals surface area (Å²) in [7, 11) is 1.58. The molecule has 5 heteroatoms. The first-order valence-electron chi connectivity index (χ1n) is 9.27. The normalized spacial score (nSPS) is 11.0. The molecule has 0 unspecified atom stereocenters. The summed E-state index contributed by atoms with van der Waals surface area (Å²) in [6.07, 6.45) is -0.141. The third-order valence-corrected chi connectivity index (χ3v) is 5.00. The fourth-order valence-electron chi connectivity index (χ4n) is 3.73. The molecule has 3 aromatic carbocycles. The standard InChI is InChI=1S/C24H20FNO3/c1-29-19-11-12-22-20(13-19)21(14-23(27)28)24(17-7-9-18(25)10-8-17)26(22)15-16-5-3-2-4-6-16/h2-13H,14-15H2,1H3,(H,27,28). The maximum absolute atomic E-state index is 13.5. The molecule has 1 heterocycles. The molecule has 0 aliphatic rings. The third kappa shape index (κ3) is 3.72. The zero-order valence-electron chi connectivity index (χ0n) is 15.9. The van der Waals surface area contributed by atoms with Crippen LogP contribution in [0.4, 0.5) is 4.39 Å². The van der Waals surface area contributed by atoms with Gasteiger partial charge in [-0.25, -0.2) is 4.39 Å². The molecule has 146 valence electrons. The smallest absolute Gasteiger partial charge is 0.307 e. The van der Waals surface area contributed by atoms with E-state index in [-0.39, 0.29) is 12.2 Å². The Morgan fingerprint density at radius 1 is 1.03 bits per heavy atom. The molecule has 0 bridgehead atoms. The maximum atomic E-state index is 13.5. The van der Waals surface area contributed by atoms with Gasteiger partial charge in [0.1, 0.15) is 11.6 Å². The topological polar surface area (TPSA) is 51.5 Å². The predicted octanol–water partition coefficient (Wildman–Crippen LogP) is 5.13. The van der Waals surface area contributed by atoms with E-state index in [1.165, 1.54) is 12.1 Å². The van der Waals surface area contributed by atoms with E-state index >= 15 is 0 Å². The zero-order chi connectivity index (χ0) is 20.4. The molecule has 29 heavy (non-hydrogen) atoms. The molecule has 0 atom stereocenters. The Labute approximate surface area is 167 Å². The first kappa shape index (κ1) is 18.7. The number of aromatic nitrogens is 1. The number of fused-ring (bicyclic) bond motifs is 1. The van der Waals surface area contributed by atoms with Gasteiger partial charge in [0.2, 0.25) is 0 Å². The van der Waals surface area contributed by atoms with E-state index in [9.17, 15) is 14.3 Å². The Kier molecular flexibility index (Phi) is 5.04. The molecule has 0 aliphatic heterocycles. The van der Waals surface area contributed by atoms with Gasteiger partial charge in [0.25, 0.3) is 0 Å². The molecule has 4 rings (SSSR count). The molecule has 4 nitrogen and oxygen atoms in total. The van der Waals surface area contributed by atoms with Gasteiger partial charge in [-0.2, -0.15) is 0 Å². The number of hydrogen-bond donors (Lipinski definition) is 1. The average molecular weight is 389 g/mol. The molecular weight excluding hydrogens is 369 g/mol. The second-order valence-electron chi connectivity index (χ2n) is 6.86. The first-order chi connectivity index (χ1) is 14.1. The summed E-state index contributed by atoms with van der Waals surface area (Å²) in [5, 5.41) is 10.4. The summed E-state index contributed by atoms with van der Waals surface area (Å²) < 4.78 is 21.0. The molecular formula is C24H20FNO3. The van der Waals surface area contributed by atoms with E-state index in [0.29, 0.717) is 17.9 Å². The number of hydrogen-bond acceptors (Lipinski definition) is 2. The highest BCUT2D eigenvalue weighted by Crippen LogP contribution is 2.37. The number of carboxylic acids is 1. The van der Waals surface area contributed by atoms with Gasteiger partial charge in [-0.1, -0.05) is 30.3 Å². The van der Waals surface area contributed by atoms with Gasteiger partial charge in [-0.05, 0) is 59.2 Å². The lowest BCUT2D eigenvalue weighted by Crippen LogP contribution is -2.05. The molecule has 1 aromatic heterocycles. The van der Waals surface area contributed by atoms with E-state index in [1.807, 2.05) is 48.5 Å². The number of benzene rings is 3. The van der Waals surface area contributed by atoms with Crippen LogP contribution in [-0.4, -0.2) is 22.8 Å². The molecule has 0 saturated carbocycles. The Morgan fingerprint density at radius 3 is 2.41 bits per heavy atom. The van der Waals surface area contributed by atoms with Gasteiger partial charge >= 0.3 is 5.97 Å². The van der Waals surface area contributed by atoms with Crippen LogP contribution in [0.15, 0.2) is 72.8 Å². The van der Waals surface area contributed by atoms with Crippen LogP contribution in [0.25, 0.3) is 22.2 Å². The fraction of sp³-hybridized carbons (Fsp3) is 0.125. The van der Waals surface area contributed by atoms with Gasteiger partial charge in [0.15, 0.2) is 0 Å². The van der Waals surface area contributed by atoms with Crippen LogP contribution in [0.5, 0.6) is 5.75 Å². The highest BCUT2D eigenvalue weighted by Gasteiger charge is 2.21. The van der Waals surface area contributed by atoms with Crippen LogP contribution in [0.1, 0.15) is 11.1 Å². The van der Waals surface area contributed by atoms with Crippen LogP contribution in [-0.2, 0) is 17.8 Å². The van der Waals surface area contributed by atoms with Crippen molar-refractivity contribution < 1.29 is 19.0 Å². The predicted molar refractivity (Wildman–Crippen MR) is 111 cm³/mol. The summed E-state index contributed by atoms with van der Waals surface area (Å²) >= 11 is 0. The molecule has 4 aromatic rings. The van der Waals surface area contributed by atoms with E-state index in [0.717, 1.165) is 27.7 Å². The molecule has 0 aliphatic carbocycles. The summed E-state index contributed by atoms with van der Waals surface area (Å²) in [5.74, 6) is -0.595. The molecule has 0 spiro atoms. The number of methoxy groups -OCH3 is 1. The van der Waals surface area contributed by atoms with Crippen LogP contribution in [0.2, 0.25) is 0 Å². The van der Waals surface area contributed by atoms with Crippen molar-refractivity contribution in [2.45, 2.75) is 13.0 Å². The van der Waals surface area contributed by atoms with Crippen molar-refractivity contribution in [1.82, 2.24) is 4.57 Å². The van der Waals surface area contributed by atoms with Crippen LogP contribution in [0, 0.1) is 5.82 Å². The van der Waals surface area contributed by atoms with Crippen molar-refractivity contribution in [3.8, 4) is 17.0 Å². The molecule has 0 radical (unpaired) electrons. The number of carbonyl (C=O) groups is 1. The zero-order valence-corrected chi connectivity index (χ0v) is 15.9. The summed E-state index contributed by atoms with van der Waals surface area (Å²) in [6.45, 7) is 0.565. The number of nitrogens with zero attached hydrogens (tertiary/aromatic N) is 1. The summed E-state index contributed by atoms with van der Waals surface area (Å²) in [6, 6.07) is 21.8. The molecule has 1 N–H and O–H groups in total. The molecule has 0 saturated heterocycles. The van der Waals surface area contributed by atoms with Gasteiger partial charge in [-0.15, -0.1) is 0 Å². The number of halogens is 1. The number of ether oxygens (including phenoxy) is 1. The van der Waals surface area contributed by atoms with Crippen molar-refractivity contribution in [3.05, 3.63) is 89.7 Å². The van der Waals surface area contributed by atoms with Crippen molar-refractivity contribution >= 4 is 16.9 Å². The highest BCUT2D eigenvalue weighted by molar-refractivity contribution is 5.95. The first-order valence-corrected chi connectivity index (χ1v) is 9.27. The van der Waals surface area contributed by atoms with Crippen LogP contribution >= 0.6 is 0 Å².